The van der Waals surface area contributed by atoms with Crippen LogP contribution in [-0.4, -0.2) is 16.3 Å². The zero-order valence-electron chi connectivity index (χ0n) is 9.68. The van der Waals surface area contributed by atoms with Gasteiger partial charge in [0.1, 0.15) is 0 Å². The maximum absolute atomic E-state index is 4.23. The number of hydrogen-bond donors (Lipinski definition) is 1. The predicted molar refractivity (Wildman–Crippen MR) is 67.6 cm³/mol. The van der Waals surface area contributed by atoms with Crippen LogP contribution in [-0.2, 0) is 13.5 Å². The van der Waals surface area contributed by atoms with Crippen LogP contribution in [0.25, 0.3) is 0 Å². The van der Waals surface area contributed by atoms with Crippen LogP contribution in [0.1, 0.15) is 23.5 Å². The number of nitrogens with zero attached hydrogens (tertiary/aromatic N) is 2. The lowest BCUT2D eigenvalue weighted by Gasteiger charge is -2.17. The van der Waals surface area contributed by atoms with Gasteiger partial charge in [-0.15, -0.1) is 11.3 Å². The summed E-state index contributed by atoms with van der Waals surface area (Å²) in [4.78, 5) is 1.41. The maximum Gasteiger partial charge on any atom is 0.0553 e. The zero-order valence-corrected chi connectivity index (χ0v) is 10.5. The summed E-state index contributed by atoms with van der Waals surface area (Å²) < 4.78 is 1.95. The van der Waals surface area contributed by atoms with E-state index in [1.807, 2.05) is 29.3 Å². The van der Waals surface area contributed by atoms with Gasteiger partial charge in [-0.3, -0.25) is 4.68 Å². The van der Waals surface area contributed by atoms with Gasteiger partial charge in [0.15, 0.2) is 0 Å². The minimum absolute atomic E-state index is 0.358. The van der Waals surface area contributed by atoms with Crippen molar-refractivity contribution in [1.29, 1.82) is 0 Å². The lowest BCUT2D eigenvalue weighted by Crippen LogP contribution is -2.24. The first kappa shape index (κ1) is 11.4. The molecule has 16 heavy (non-hydrogen) atoms. The maximum atomic E-state index is 4.23. The zero-order chi connectivity index (χ0) is 11.4. The molecule has 4 heteroatoms. The summed E-state index contributed by atoms with van der Waals surface area (Å²) in [6.07, 6.45) is 2.89. The Morgan fingerprint density at radius 1 is 1.50 bits per heavy atom. The van der Waals surface area contributed by atoms with Crippen molar-refractivity contribution < 1.29 is 0 Å². The molecule has 3 nitrogen and oxygen atoms in total. The lowest BCUT2D eigenvalue weighted by atomic mass is 10.1. The molecule has 0 bridgehead atoms. The molecule has 0 amide bonds. The largest absolute Gasteiger partial charge is 0.309 e. The number of likely N-dealkylation sites (N-methyl/N-ethyl adjacent to an activating group) is 1. The second-order valence-corrected chi connectivity index (χ2v) is 4.81. The van der Waals surface area contributed by atoms with Crippen molar-refractivity contribution in [2.75, 3.05) is 6.54 Å². The molecule has 2 aromatic heterocycles. The average Bonchev–Trinajstić information content (AvgIpc) is 2.88. The Morgan fingerprint density at radius 2 is 2.38 bits per heavy atom. The highest BCUT2D eigenvalue weighted by atomic mass is 32.1. The Hall–Kier alpha value is -1.13. The molecule has 1 unspecified atom stereocenters. The molecular weight excluding hydrogens is 218 g/mol. The van der Waals surface area contributed by atoms with Crippen molar-refractivity contribution >= 4 is 11.3 Å². The molecule has 0 aliphatic rings. The second-order valence-electron chi connectivity index (χ2n) is 3.77. The fourth-order valence-corrected chi connectivity index (χ4v) is 2.64. The molecule has 0 radical (unpaired) electrons. The van der Waals surface area contributed by atoms with E-state index in [1.165, 1.54) is 10.6 Å². The molecule has 0 spiro atoms. The van der Waals surface area contributed by atoms with Crippen LogP contribution in [0.2, 0.25) is 0 Å². The number of nitrogens with one attached hydrogen (secondary N) is 1. The topological polar surface area (TPSA) is 29.9 Å². The monoisotopic (exact) mass is 235 g/mol. The Labute approximate surface area is 100 Å². The highest BCUT2D eigenvalue weighted by Crippen LogP contribution is 2.20. The van der Waals surface area contributed by atoms with Gasteiger partial charge < -0.3 is 5.32 Å². The fraction of sp³-hybridized carbons (Fsp3) is 0.417. The third-order valence-electron chi connectivity index (χ3n) is 2.65. The molecule has 0 fully saturated rings. The van der Waals surface area contributed by atoms with Crippen molar-refractivity contribution in [2.45, 2.75) is 19.4 Å². The molecule has 0 aromatic carbocycles. The molecule has 0 aliphatic heterocycles. The van der Waals surface area contributed by atoms with Gasteiger partial charge in [-0.25, -0.2) is 0 Å². The van der Waals surface area contributed by atoms with Crippen LogP contribution in [0.5, 0.6) is 0 Å². The van der Waals surface area contributed by atoms with Gasteiger partial charge in [0.05, 0.1) is 11.7 Å². The Kier molecular flexibility index (Phi) is 3.74. The summed E-state index contributed by atoms with van der Waals surface area (Å²) in [5, 5.41) is 9.87. The van der Waals surface area contributed by atoms with Crippen molar-refractivity contribution in [3.63, 3.8) is 0 Å². The molecule has 2 rings (SSSR count). The summed E-state index contributed by atoms with van der Waals surface area (Å²) >= 11 is 1.81. The van der Waals surface area contributed by atoms with E-state index in [-0.39, 0.29) is 0 Å². The number of aromatic nitrogens is 2. The van der Waals surface area contributed by atoms with Gasteiger partial charge in [-0.05, 0) is 24.1 Å². The van der Waals surface area contributed by atoms with Crippen LogP contribution in [0, 0.1) is 0 Å². The van der Waals surface area contributed by atoms with Gasteiger partial charge in [0.25, 0.3) is 0 Å². The van der Waals surface area contributed by atoms with Crippen molar-refractivity contribution in [3.05, 3.63) is 40.3 Å². The Morgan fingerprint density at radius 3 is 2.94 bits per heavy atom. The normalized spacial score (nSPS) is 12.9. The van der Waals surface area contributed by atoms with Crippen LogP contribution in [0.3, 0.4) is 0 Å². The van der Waals surface area contributed by atoms with E-state index in [1.54, 1.807) is 0 Å². The summed E-state index contributed by atoms with van der Waals surface area (Å²) in [6.45, 7) is 3.11. The quantitative estimate of drug-likeness (QED) is 0.862. The second kappa shape index (κ2) is 5.27. The molecule has 0 aliphatic carbocycles. The van der Waals surface area contributed by atoms with Gasteiger partial charge in [-0.2, -0.15) is 5.10 Å². The Bertz CT molecular complexity index is 419. The summed E-state index contributed by atoms with van der Waals surface area (Å²) in [5.74, 6) is 0. The SMILES string of the molecule is CCNC(Cc1cccs1)c1ccnn1C. The fourth-order valence-electron chi connectivity index (χ4n) is 1.88. The van der Waals surface area contributed by atoms with Crippen LogP contribution >= 0.6 is 11.3 Å². The summed E-state index contributed by atoms with van der Waals surface area (Å²) in [5.41, 5.74) is 1.25. The number of hydrogen-bond acceptors (Lipinski definition) is 3. The predicted octanol–water partition coefficient (Wildman–Crippen LogP) is 2.37. The number of aryl methyl sites for hydroxylation is 1. The molecule has 1 atom stereocenters. The molecule has 86 valence electrons. The third kappa shape index (κ3) is 2.51. The molecule has 2 heterocycles. The third-order valence-corrected chi connectivity index (χ3v) is 3.55. The lowest BCUT2D eigenvalue weighted by molar-refractivity contribution is 0.510. The van der Waals surface area contributed by atoms with E-state index >= 15 is 0 Å². The molecule has 2 aromatic rings. The van der Waals surface area contributed by atoms with Crippen molar-refractivity contribution in [2.24, 2.45) is 7.05 Å². The average molecular weight is 235 g/mol. The smallest absolute Gasteiger partial charge is 0.0553 e. The van der Waals surface area contributed by atoms with Crippen LogP contribution < -0.4 is 5.32 Å². The van der Waals surface area contributed by atoms with E-state index in [0.717, 1.165) is 13.0 Å². The minimum Gasteiger partial charge on any atom is -0.309 e. The van der Waals surface area contributed by atoms with E-state index in [9.17, 15) is 0 Å². The van der Waals surface area contributed by atoms with E-state index in [0.29, 0.717) is 6.04 Å². The highest BCUT2D eigenvalue weighted by molar-refractivity contribution is 7.09. The van der Waals surface area contributed by atoms with E-state index < -0.39 is 0 Å². The first-order chi connectivity index (χ1) is 7.81. The van der Waals surface area contributed by atoms with Crippen molar-refractivity contribution in [3.8, 4) is 0 Å². The standard InChI is InChI=1S/C12H17N3S/c1-3-13-11(9-10-5-4-8-16-10)12-6-7-14-15(12)2/h4-8,11,13H,3,9H2,1-2H3. The van der Waals surface area contributed by atoms with Gasteiger partial charge >= 0.3 is 0 Å². The summed E-state index contributed by atoms with van der Waals surface area (Å²) in [7, 11) is 1.99. The van der Waals surface area contributed by atoms with Crippen LogP contribution in [0.15, 0.2) is 29.8 Å². The van der Waals surface area contributed by atoms with Crippen LogP contribution in [0.4, 0.5) is 0 Å². The molecule has 0 saturated carbocycles. The highest BCUT2D eigenvalue weighted by Gasteiger charge is 2.14. The van der Waals surface area contributed by atoms with Crippen molar-refractivity contribution in [1.82, 2.24) is 15.1 Å². The first-order valence-corrected chi connectivity index (χ1v) is 6.43. The first-order valence-electron chi connectivity index (χ1n) is 5.55. The number of rotatable bonds is 5. The number of thiophene rings is 1. The molecule has 0 saturated heterocycles. The van der Waals surface area contributed by atoms with Gasteiger partial charge in [-0.1, -0.05) is 13.0 Å². The van der Waals surface area contributed by atoms with Gasteiger partial charge in [0.2, 0.25) is 0 Å². The van der Waals surface area contributed by atoms with E-state index in [2.05, 4.69) is 40.9 Å². The van der Waals surface area contributed by atoms with E-state index in [4.69, 9.17) is 0 Å². The Balaban J connectivity index is 2.14. The molecule has 1 N–H and O–H groups in total. The van der Waals surface area contributed by atoms with Gasteiger partial charge in [0, 0.05) is 24.5 Å². The molecular formula is C12H17N3S. The minimum atomic E-state index is 0.358. The summed E-state index contributed by atoms with van der Waals surface area (Å²) in [6, 6.07) is 6.73.